The smallest absolute Gasteiger partial charge is 0.218 e. The zero-order valence-corrected chi connectivity index (χ0v) is 18.5. The van der Waals surface area contributed by atoms with Crippen LogP contribution in [-0.4, -0.2) is 43.9 Å². The molecule has 1 heterocycles. The standard InChI is InChI=1S/C23H34N4O3/c1-5-24-23(27-17-20-9-8-12-25-22(20)29-7-3)26-16-19-11-10-18(4)15-21(19)30-14-13-28-6-2/h8-12,15H,5-7,13-14,16-17H2,1-4H3,(H2,24,26,27). The van der Waals surface area contributed by atoms with E-state index in [2.05, 4.69) is 45.7 Å². The summed E-state index contributed by atoms with van der Waals surface area (Å²) in [5.74, 6) is 2.22. The molecule has 0 aliphatic heterocycles. The Labute approximate surface area is 179 Å². The van der Waals surface area contributed by atoms with Crippen molar-refractivity contribution < 1.29 is 14.2 Å². The van der Waals surface area contributed by atoms with Crippen molar-refractivity contribution in [3.63, 3.8) is 0 Å². The summed E-state index contributed by atoms with van der Waals surface area (Å²) in [5.41, 5.74) is 3.18. The normalized spacial score (nSPS) is 11.3. The summed E-state index contributed by atoms with van der Waals surface area (Å²) < 4.78 is 16.9. The topological polar surface area (TPSA) is 77.0 Å². The second-order valence-electron chi connectivity index (χ2n) is 6.61. The van der Waals surface area contributed by atoms with Gasteiger partial charge in [0.05, 0.1) is 19.8 Å². The molecule has 2 N–H and O–H groups in total. The monoisotopic (exact) mass is 414 g/mol. The maximum Gasteiger partial charge on any atom is 0.218 e. The Kier molecular flexibility index (Phi) is 10.5. The maximum atomic E-state index is 5.93. The number of hydrogen-bond acceptors (Lipinski definition) is 5. The fourth-order valence-corrected chi connectivity index (χ4v) is 2.79. The van der Waals surface area contributed by atoms with E-state index in [4.69, 9.17) is 14.2 Å². The molecule has 1 aromatic carbocycles. The fraction of sp³-hybridized carbons (Fsp3) is 0.478. The average Bonchev–Trinajstić information content (AvgIpc) is 2.75. The Balaban J connectivity index is 2.04. The van der Waals surface area contributed by atoms with Gasteiger partial charge < -0.3 is 24.8 Å². The van der Waals surface area contributed by atoms with Crippen LogP contribution in [0.1, 0.15) is 37.5 Å². The number of pyridine rings is 1. The highest BCUT2D eigenvalue weighted by atomic mass is 16.5. The van der Waals surface area contributed by atoms with Gasteiger partial charge in [-0.2, -0.15) is 0 Å². The first-order chi connectivity index (χ1) is 14.7. The average molecular weight is 415 g/mol. The van der Waals surface area contributed by atoms with Crippen LogP contribution in [0.3, 0.4) is 0 Å². The molecule has 0 aliphatic rings. The molecule has 0 saturated heterocycles. The van der Waals surface area contributed by atoms with Gasteiger partial charge in [0.2, 0.25) is 5.88 Å². The van der Waals surface area contributed by atoms with Gasteiger partial charge >= 0.3 is 0 Å². The van der Waals surface area contributed by atoms with Crippen LogP contribution in [0.2, 0.25) is 0 Å². The summed E-state index contributed by atoms with van der Waals surface area (Å²) in [6, 6.07) is 10.1. The summed E-state index contributed by atoms with van der Waals surface area (Å²) in [5, 5.41) is 6.67. The number of nitrogens with one attached hydrogen (secondary N) is 2. The van der Waals surface area contributed by atoms with Crippen LogP contribution < -0.4 is 20.1 Å². The quantitative estimate of drug-likeness (QED) is 0.315. The second kappa shape index (κ2) is 13.4. The van der Waals surface area contributed by atoms with Crippen LogP contribution in [0, 0.1) is 6.92 Å². The van der Waals surface area contributed by atoms with Gasteiger partial charge in [0.1, 0.15) is 12.4 Å². The zero-order valence-electron chi connectivity index (χ0n) is 18.5. The van der Waals surface area contributed by atoms with Gasteiger partial charge in [-0.3, -0.25) is 0 Å². The van der Waals surface area contributed by atoms with Crippen LogP contribution in [0.5, 0.6) is 11.6 Å². The van der Waals surface area contributed by atoms with Crippen molar-refractivity contribution in [1.82, 2.24) is 15.6 Å². The Morgan fingerprint density at radius 2 is 1.87 bits per heavy atom. The van der Waals surface area contributed by atoms with Crippen molar-refractivity contribution in [3.8, 4) is 11.6 Å². The molecule has 0 aliphatic carbocycles. The van der Waals surface area contributed by atoms with Gasteiger partial charge in [-0.15, -0.1) is 0 Å². The highest BCUT2D eigenvalue weighted by molar-refractivity contribution is 5.79. The summed E-state index contributed by atoms with van der Waals surface area (Å²) in [7, 11) is 0. The van der Waals surface area contributed by atoms with Gasteiger partial charge in [0, 0.05) is 37.0 Å². The highest BCUT2D eigenvalue weighted by Gasteiger charge is 2.08. The number of aliphatic imine (C=N–C) groups is 1. The van der Waals surface area contributed by atoms with Crippen LogP contribution in [-0.2, 0) is 17.8 Å². The Morgan fingerprint density at radius 1 is 1.00 bits per heavy atom. The van der Waals surface area contributed by atoms with E-state index in [1.807, 2.05) is 32.9 Å². The largest absolute Gasteiger partial charge is 0.491 e. The lowest BCUT2D eigenvalue weighted by Gasteiger charge is -2.15. The fourth-order valence-electron chi connectivity index (χ4n) is 2.79. The molecule has 30 heavy (non-hydrogen) atoms. The molecule has 0 atom stereocenters. The van der Waals surface area contributed by atoms with Crippen LogP contribution in [0.4, 0.5) is 0 Å². The van der Waals surface area contributed by atoms with Gasteiger partial charge in [-0.05, 0) is 45.4 Å². The molecule has 7 heteroatoms. The molecule has 2 aromatic rings. The molecular weight excluding hydrogens is 380 g/mol. The number of guanidine groups is 1. The summed E-state index contributed by atoms with van der Waals surface area (Å²) >= 11 is 0. The van der Waals surface area contributed by atoms with E-state index in [1.165, 1.54) is 0 Å². The van der Waals surface area contributed by atoms with Crippen molar-refractivity contribution in [3.05, 3.63) is 53.2 Å². The lowest BCUT2D eigenvalue weighted by molar-refractivity contribution is 0.110. The third-order valence-electron chi connectivity index (χ3n) is 4.24. The molecular formula is C23H34N4O3. The molecule has 0 amide bonds. The van der Waals surface area contributed by atoms with E-state index in [0.29, 0.717) is 45.4 Å². The van der Waals surface area contributed by atoms with E-state index in [0.717, 1.165) is 34.9 Å². The van der Waals surface area contributed by atoms with Gasteiger partial charge in [-0.1, -0.05) is 18.2 Å². The number of benzene rings is 1. The van der Waals surface area contributed by atoms with Crippen molar-refractivity contribution in [1.29, 1.82) is 0 Å². The summed E-state index contributed by atoms with van der Waals surface area (Å²) in [4.78, 5) is 8.98. The first-order valence-corrected chi connectivity index (χ1v) is 10.6. The third kappa shape index (κ3) is 7.91. The van der Waals surface area contributed by atoms with E-state index < -0.39 is 0 Å². The molecule has 0 radical (unpaired) electrons. The maximum absolute atomic E-state index is 5.93. The van der Waals surface area contributed by atoms with Gasteiger partial charge in [-0.25, -0.2) is 9.98 Å². The molecule has 7 nitrogen and oxygen atoms in total. The lowest BCUT2D eigenvalue weighted by Crippen LogP contribution is -2.36. The zero-order chi connectivity index (χ0) is 21.6. The van der Waals surface area contributed by atoms with E-state index in [1.54, 1.807) is 6.20 Å². The minimum atomic E-state index is 0.476. The summed E-state index contributed by atoms with van der Waals surface area (Å²) in [6.45, 7) is 12.2. The second-order valence-corrected chi connectivity index (χ2v) is 6.61. The number of aromatic nitrogens is 1. The minimum absolute atomic E-state index is 0.476. The minimum Gasteiger partial charge on any atom is -0.491 e. The van der Waals surface area contributed by atoms with Crippen molar-refractivity contribution >= 4 is 5.96 Å². The Bertz CT molecular complexity index is 796. The molecule has 0 bridgehead atoms. The molecule has 2 rings (SSSR count). The number of nitrogens with zero attached hydrogens (tertiary/aromatic N) is 2. The van der Waals surface area contributed by atoms with E-state index in [-0.39, 0.29) is 0 Å². The van der Waals surface area contributed by atoms with Crippen LogP contribution >= 0.6 is 0 Å². The van der Waals surface area contributed by atoms with Gasteiger partial charge in [0.25, 0.3) is 0 Å². The van der Waals surface area contributed by atoms with Crippen LogP contribution in [0.25, 0.3) is 0 Å². The Morgan fingerprint density at radius 3 is 2.63 bits per heavy atom. The molecule has 0 saturated carbocycles. The number of aryl methyl sites for hydroxylation is 1. The summed E-state index contributed by atoms with van der Waals surface area (Å²) in [6.07, 6.45) is 1.73. The first kappa shape index (κ1) is 23.5. The predicted octanol–water partition coefficient (Wildman–Crippen LogP) is 3.46. The van der Waals surface area contributed by atoms with Crippen LogP contribution in [0.15, 0.2) is 41.5 Å². The predicted molar refractivity (Wildman–Crippen MR) is 120 cm³/mol. The molecule has 0 unspecified atom stereocenters. The molecule has 1 aromatic heterocycles. The van der Waals surface area contributed by atoms with Gasteiger partial charge in [0.15, 0.2) is 5.96 Å². The van der Waals surface area contributed by atoms with Crippen molar-refractivity contribution in [2.24, 2.45) is 4.99 Å². The molecule has 164 valence electrons. The van der Waals surface area contributed by atoms with E-state index >= 15 is 0 Å². The highest BCUT2D eigenvalue weighted by Crippen LogP contribution is 2.20. The SMILES string of the molecule is CCNC(=NCc1cccnc1OCC)NCc1ccc(C)cc1OCCOCC. The van der Waals surface area contributed by atoms with E-state index in [9.17, 15) is 0 Å². The molecule has 0 fully saturated rings. The Hall–Kier alpha value is -2.80. The van der Waals surface area contributed by atoms with Crippen molar-refractivity contribution in [2.75, 3.05) is 33.0 Å². The third-order valence-corrected chi connectivity index (χ3v) is 4.24. The molecule has 0 spiro atoms. The lowest BCUT2D eigenvalue weighted by atomic mass is 10.1. The number of hydrogen-bond donors (Lipinski definition) is 2. The number of ether oxygens (including phenoxy) is 3. The number of rotatable bonds is 12. The first-order valence-electron chi connectivity index (χ1n) is 10.6. The van der Waals surface area contributed by atoms with Crippen molar-refractivity contribution in [2.45, 2.75) is 40.8 Å².